The first-order chi connectivity index (χ1) is 12.2. The fourth-order valence-electron chi connectivity index (χ4n) is 1.90. The lowest BCUT2D eigenvalue weighted by Crippen LogP contribution is -2.23. The summed E-state index contributed by atoms with van der Waals surface area (Å²) in [6, 6.07) is 10.8. The van der Waals surface area contributed by atoms with Crippen LogP contribution < -0.4 is 15.8 Å². The summed E-state index contributed by atoms with van der Waals surface area (Å²) in [5.41, 5.74) is 6.30. The highest BCUT2D eigenvalue weighted by Gasteiger charge is 2.31. The topological polar surface area (TPSA) is 81.4 Å². The fraction of sp³-hybridized carbons (Fsp3) is 0.111. The number of hydrogen-bond acceptors (Lipinski definition) is 3. The first-order valence-electron chi connectivity index (χ1n) is 7.27. The third-order valence-corrected chi connectivity index (χ3v) is 3.09. The van der Waals surface area contributed by atoms with E-state index in [1.54, 1.807) is 12.1 Å². The van der Waals surface area contributed by atoms with E-state index < -0.39 is 23.9 Å². The van der Waals surface area contributed by atoms with Crippen LogP contribution >= 0.6 is 0 Å². The van der Waals surface area contributed by atoms with Gasteiger partial charge in [0.1, 0.15) is 5.75 Å². The molecule has 0 fully saturated rings. The van der Waals surface area contributed by atoms with Crippen LogP contribution in [0.25, 0.3) is 0 Å². The van der Waals surface area contributed by atoms with E-state index in [1.807, 2.05) is 0 Å². The smallest absolute Gasteiger partial charge is 0.406 e. The number of primary amides is 1. The number of rotatable bonds is 4. The van der Waals surface area contributed by atoms with Crippen molar-refractivity contribution in [1.29, 1.82) is 0 Å². The summed E-state index contributed by atoms with van der Waals surface area (Å²) in [5, 5.41) is 2.52. The van der Waals surface area contributed by atoms with Gasteiger partial charge in [-0.05, 0) is 48.5 Å². The molecule has 0 atom stereocenters. The molecule has 0 aliphatic carbocycles. The summed E-state index contributed by atoms with van der Waals surface area (Å²) in [6.07, 6.45) is -4.78. The van der Waals surface area contributed by atoms with Crippen molar-refractivity contribution in [1.82, 2.24) is 5.32 Å². The molecule has 0 saturated heterocycles. The second-order valence-electron chi connectivity index (χ2n) is 5.00. The van der Waals surface area contributed by atoms with Gasteiger partial charge in [-0.3, -0.25) is 9.59 Å². The maximum atomic E-state index is 12.1. The Morgan fingerprint density at radius 1 is 1.00 bits per heavy atom. The molecule has 0 spiro atoms. The van der Waals surface area contributed by atoms with Crippen LogP contribution in [-0.4, -0.2) is 24.7 Å². The molecular formula is C18H13F3N2O3. The van der Waals surface area contributed by atoms with Crippen molar-refractivity contribution >= 4 is 11.8 Å². The van der Waals surface area contributed by atoms with Gasteiger partial charge in [0.25, 0.3) is 5.91 Å². The Morgan fingerprint density at radius 2 is 1.58 bits per heavy atom. The third kappa shape index (κ3) is 5.87. The molecule has 0 aliphatic rings. The van der Waals surface area contributed by atoms with Crippen molar-refractivity contribution in [3.8, 4) is 17.6 Å². The predicted octanol–water partition coefficient (Wildman–Crippen LogP) is 2.47. The van der Waals surface area contributed by atoms with Crippen molar-refractivity contribution in [2.24, 2.45) is 5.73 Å². The molecule has 0 heterocycles. The molecule has 5 nitrogen and oxygen atoms in total. The summed E-state index contributed by atoms with van der Waals surface area (Å²) in [7, 11) is 0. The van der Waals surface area contributed by atoms with Gasteiger partial charge in [0.2, 0.25) is 5.91 Å². The van der Waals surface area contributed by atoms with Crippen molar-refractivity contribution in [3.63, 3.8) is 0 Å². The largest absolute Gasteiger partial charge is 0.573 e. The Kier molecular flexibility index (Phi) is 5.86. The van der Waals surface area contributed by atoms with Crippen LogP contribution in [0.2, 0.25) is 0 Å². The van der Waals surface area contributed by atoms with Crippen molar-refractivity contribution in [2.75, 3.05) is 6.54 Å². The Bertz CT molecular complexity index is 848. The molecule has 0 aromatic heterocycles. The van der Waals surface area contributed by atoms with E-state index in [4.69, 9.17) is 5.73 Å². The van der Waals surface area contributed by atoms with Crippen LogP contribution in [0.5, 0.6) is 5.75 Å². The molecule has 0 bridgehead atoms. The lowest BCUT2D eigenvalue weighted by molar-refractivity contribution is -0.274. The highest BCUT2D eigenvalue weighted by atomic mass is 19.4. The number of carbonyl (C=O) groups is 2. The Labute approximate surface area is 147 Å². The average Bonchev–Trinajstić information content (AvgIpc) is 2.58. The molecule has 26 heavy (non-hydrogen) atoms. The predicted molar refractivity (Wildman–Crippen MR) is 87.3 cm³/mol. The number of alkyl halides is 3. The van der Waals surface area contributed by atoms with Gasteiger partial charge >= 0.3 is 6.36 Å². The number of benzene rings is 2. The van der Waals surface area contributed by atoms with Gasteiger partial charge in [0.05, 0.1) is 6.54 Å². The zero-order valence-electron chi connectivity index (χ0n) is 13.3. The second kappa shape index (κ2) is 8.07. The molecule has 0 radical (unpaired) electrons. The highest BCUT2D eigenvalue weighted by molar-refractivity contribution is 5.94. The van der Waals surface area contributed by atoms with Crippen LogP contribution in [0.1, 0.15) is 26.3 Å². The van der Waals surface area contributed by atoms with Crippen molar-refractivity contribution < 1.29 is 27.5 Å². The second-order valence-corrected chi connectivity index (χ2v) is 5.00. The summed E-state index contributed by atoms with van der Waals surface area (Å²) in [4.78, 5) is 22.8. The maximum Gasteiger partial charge on any atom is 0.573 e. The van der Waals surface area contributed by atoms with Crippen LogP contribution in [-0.2, 0) is 0 Å². The summed E-state index contributed by atoms with van der Waals surface area (Å²) in [6.45, 7) is 0.0389. The number of nitrogens with one attached hydrogen (secondary N) is 1. The van der Waals surface area contributed by atoms with Gasteiger partial charge in [-0.2, -0.15) is 0 Å². The quantitative estimate of drug-likeness (QED) is 0.820. The van der Waals surface area contributed by atoms with E-state index in [2.05, 4.69) is 21.9 Å². The number of ether oxygens (including phenoxy) is 1. The van der Waals surface area contributed by atoms with Crippen molar-refractivity contribution in [2.45, 2.75) is 6.36 Å². The minimum atomic E-state index is -4.78. The number of carbonyl (C=O) groups excluding carboxylic acids is 2. The van der Waals surface area contributed by atoms with Gasteiger partial charge in [0.15, 0.2) is 0 Å². The minimum Gasteiger partial charge on any atom is -0.406 e. The standard InChI is InChI=1S/C18H13F3N2O3/c19-18(20,21)26-15-9-7-14(8-10-15)17(25)23-11-1-2-12-3-5-13(6-4-12)16(22)24/h3-10H,11H2,(H2,22,24)(H,23,25). The molecule has 2 aromatic carbocycles. The zero-order valence-corrected chi connectivity index (χ0v) is 13.3. The van der Waals surface area contributed by atoms with Gasteiger partial charge in [0, 0.05) is 16.7 Å². The van der Waals surface area contributed by atoms with Gasteiger partial charge in [-0.1, -0.05) is 11.8 Å². The summed E-state index contributed by atoms with van der Waals surface area (Å²) >= 11 is 0. The Hall–Kier alpha value is -3.47. The molecule has 134 valence electrons. The first-order valence-corrected chi connectivity index (χ1v) is 7.27. The maximum absolute atomic E-state index is 12.1. The molecule has 2 rings (SSSR count). The van der Waals surface area contributed by atoms with E-state index in [0.29, 0.717) is 11.1 Å². The first kappa shape index (κ1) is 18.9. The normalized spacial score (nSPS) is 10.4. The van der Waals surface area contributed by atoms with Gasteiger partial charge in [-0.25, -0.2) is 0 Å². The number of nitrogens with two attached hydrogens (primary N) is 1. The number of halogens is 3. The van der Waals surface area contributed by atoms with E-state index in [0.717, 1.165) is 12.1 Å². The van der Waals surface area contributed by atoms with Crippen LogP contribution in [0.4, 0.5) is 13.2 Å². The molecule has 2 amide bonds. The van der Waals surface area contributed by atoms with Crippen LogP contribution in [0, 0.1) is 11.8 Å². The Morgan fingerprint density at radius 3 is 2.12 bits per heavy atom. The number of hydrogen-bond donors (Lipinski definition) is 2. The molecule has 0 unspecified atom stereocenters. The molecule has 0 aliphatic heterocycles. The molecule has 0 saturated carbocycles. The number of amides is 2. The zero-order chi connectivity index (χ0) is 19.2. The SMILES string of the molecule is NC(=O)c1ccc(C#CCNC(=O)c2ccc(OC(F)(F)F)cc2)cc1. The van der Waals surface area contributed by atoms with E-state index >= 15 is 0 Å². The highest BCUT2D eigenvalue weighted by Crippen LogP contribution is 2.22. The van der Waals surface area contributed by atoms with Gasteiger partial charge < -0.3 is 15.8 Å². The molecule has 8 heteroatoms. The lowest BCUT2D eigenvalue weighted by Gasteiger charge is -2.09. The lowest BCUT2D eigenvalue weighted by atomic mass is 10.1. The molecular weight excluding hydrogens is 349 g/mol. The summed E-state index contributed by atoms with van der Waals surface area (Å²) in [5.74, 6) is 4.08. The van der Waals surface area contributed by atoms with Crippen molar-refractivity contribution in [3.05, 3.63) is 65.2 Å². The molecule has 3 N–H and O–H groups in total. The third-order valence-electron chi connectivity index (χ3n) is 3.09. The van der Waals surface area contributed by atoms with E-state index in [-0.39, 0.29) is 12.1 Å². The minimum absolute atomic E-state index is 0.0389. The fourth-order valence-corrected chi connectivity index (χ4v) is 1.90. The van der Waals surface area contributed by atoms with Crippen LogP contribution in [0.3, 0.4) is 0 Å². The van der Waals surface area contributed by atoms with Gasteiger partial charge in [-0.15, -0.1) is 13.2 Å². The molecule has 2 aromatic rings. The van der Waals surface area contributed by atoms with E-state index in [9.17, 15) is 22.8 Å². The summed E-state index contributed by atoms with van der Waals surface area (Å²) < 4.78 is 39.9. The average molecular weight is 362 g/mol. The monoisotopic (exact) mass is 362 g/mol. The van der Waals surface area contributed by atoms with Crippen LogP contribution in [0.15, 0.2) is 48.5 Å². The van der Waals surface area contributed by atoms with E-state index in [1.165, 1.54) is 24.3 Å². The Balaban J connectivity index is 1.88.